The van der Waals surface area contributed by atoms with E-state index in [4.69, 9.17) is 19.8 Å². The van der Waals surface area contributed by atoms with Gasteiger partial charge in [-0.2, -0.15) is 0 Å². The SMILES string of the molecule is [2H]C([2H])([2H])C(Cl)(CC/C(C)=C/CC/C(C)=C/C)C([2H])([2H])[2H]. The van der Waals surface area contributed by atoms with Gasteiger partial charge in [0.15, 0.2) is 0 Å². The third-order valence-corrected chi connectivity index (χ3v) is 2.58. The molecular formula is C14H25Cl. The van der Waals surface area contributed by atoms with E-state index in [1.165, 1.54) is 5.57 Å². The predicted octanol–water partition coefficient (Wildman–Crippen LogP) is 5.48. The van der Waals surface area contributed by atoms with Gasteiger partial charge in [-0.25, -0.2) is 0 Å². The van der Waals surface area contributed by atoms with Gasteiger partial charge in [-0.3, -0.25) is 0 Å². The van der Waals surface area contributed by atoms with Crippen LogP contribution < -0.4 is 0 Å². The molecule has 1 heteroatoms. The van der Waals surface area contributed by atoms with Crippen molar-refractivity contribution in [2.45, 2.75) is 65.0 Å². The normalized spacial score (nSPS) is 22.1. The summed E-state index contributed by atoms with van der Waals surface area (Å²) < 4.78 is 44.5. The van der Waals surface area contributed by atoms with Gasteiger partial charge in [-0.1, -0.05) is 23.3 Å². The summed E-state index contributed by atoms with van der Waals surface area (Å²) in [4.78, 5) is -2.19. The van der Waals surface area contributed by atoms with Gasteiger partial charge >= 0.3 is 0 Å². The minimum Gasteiger partial charge on any atom is -0.120 e. The molecule has 0 aliphatic heterocycles. The van der Waals surface area contributed by atoms with Crippen LogP contribution in [0.25, 0.3) is 0 Å². The van der Waals surface area contributed by atoms with Crippen molar-refractivity contribution in [3.05, 3.63) is 23.3 Å². The Morgan fingerprint density at radius 3 is 2.47 bits per heavy atom. The Morgan fingerprint density at radius 2 is 1.93 bits per heavy atom. The third kappa shape index (κ3) is 10.1. The van der Waals surface area contributed by atoms with E-state index in [0.29, 0.717) is 6.42 Å². The van der Waals surface area contributed by atoms with Crippen LogP contribution in [0.3, 0.4) is 0 Å². The van der Waals surface area contributed by atoms with Gasteiger partial charge < -0.3 is 0 Å². The van der Waals surface area contributed by atoms with Gasteiger partial charge in [0.25, 0.3) is 0 Å². The molecule has 15 heavy (non-hydrogen) atoms. The standard InChI is InChI=1S/C14H25Cl/c1-6-12(2)8-7-9-13(3)10-11-14(4,5)15/h6,9H,7-8,10-11H2,1-5H3/b12-6+,13-9+/i4D3,5D3. The Balaban J connectivity index is 4.75. The van der Waals surface area contributed by atoms with Crippen molar-refractivity contribution in [2.24, 2.45) is 0 Å². The van der Waals surface area contributed by atoms with Crippen LogP contribution in [0.15, 0.2) is 23.3 Å². The highest BCUT2D eigenvalue weighted by Crippen LogP contribution is 2.22. The molecule has 0 nitrogen and oxygen atoms in total. The first-order valence-corrected chi connectivity index (χ1v) is 5.69. The first-order valence-electron chi connectivity index (χ1n) is 8.31. The van der Waals surface area contributed by atoms with Crippen molar-refractivity contribution in [3.8, 4) is 0 Å². The molecule has 0 aromatic rings. The Bertz CT molecular complexity index is 375. The van der Waals surface area contributed by atoms with Gasteiger partial charge in [0.2, 0.25) is 0 Å². The summed E-state index contributed by atoms with van der Waals surface area (Å²) >= 11 is 5.98. The molecule has 0 amide bonds. The maximum atomic E-state index is 7.42. The van der Waals surface area contributed by atoms with Crippen LogP contribution in [-0.4, -0.2) is 4.87 Å². The molecule has 0 aliphatic rings. The fourth-order valence-electron chi connectivity index (χ4n) is 1.16. The van der Waals surface area contributed by atoms with E-state index >= 15 is 0 Å². The second kappa shape index (κ2) is 7.11. The molecule has 0 saturated heterocycles. The molecule has 0 spiro atoms. The summed E-state index contributed by atoms with van der Waals surface area (Å²) in [5, 5.41) is 0. The van der Waals surface area contributed by atoms with Gasteiger partial charge in [0.1, 0.15) is 0 Å². The molecule has 0 aliphatic carbocycles. The molecule has 0 saturated carbocycles. The van der Waals surface area contributed by atoms with Crippen molar-refractivity contribution >= 4 is 11.6 Å². The Hall–Kier alpha value is -0.230. The van der Waals surface area contributed by atoms with Crippen molar-refractivity contribution in [3.63, 3.8) is 0 Å². The van der Waals surface area contributed by atoms with Crippen LogP contribution in [0.1, 0.15) is 68.4 Å². The lowest BCUT2D eigenvalue weighted by Gasteiger charge is -2.15. The molecule has 0 radical (unpaired) electrons. The second-order valence-corrected chi connectivity index (χ2v) is 4.67. The van der Waals surface area contributed by atoms with E-state index in [1.807, 2.05) is 19.9 Å². The van der Waals surface area contributed by atoms with Crippen molar-refractivity contribution in [2.75, 3.05) is 0 Å². The third-order valence-electron chi connectivity index (χ3n) is 2.39. The van der Waals surface area contributed by atoms with Crippen LogP contribution in [0, 0.1) is 0 Å². The van der Waals surface area contributed by atoms with Crippen LogP contribution >= 0.6 is 11.6 Å². The summed E-state index contributed by atoms with van der Waals surface area (Å²) in [6.07, 6.45) is 6.15. The molecule has 0 N–H and O–H groups in total. The number of halogens is 1. The van der Waals surface area contributed by atoms with Crippen molar-refractivity contribution in [1.29, 1.82) is 0 Å². The molecular weight excluding hydrogens is 204 g/mol. The molecule has 0 unspecified atom stereocenters. The first-order chi connectivity index (χ1) is 9.35. The molecule has 0 atom stereocenters. The Labute approximate surface area is 109 Å². The highest BCUT2D eigenvalue weighted by Gasteiger charge is 2.12. The van der Waals surface area contributed by atoms with Crippen LogP contribution in [0.4, 0.5) is 0 Å². The number of alkyl halides is 1. The lowest BCUT2D eigenvalue weighted by Crippen LogP contribution is -2.09. The molecule has 0 aromatic heterocycles. The zero-order valence-corrected chi connectivity index (χ0v) is 10.6. The monoisotopic (exact) mass is 234 g/mol. The fourth-order valence-corrected chi connectivity index (χ4v) is 1.26. The minimum atomic E-state index is -2.72. The lowest BCUT2D eigenvalue weighted by atomic mass is 10.0. The predicted molar refractivity (Wildman–Crippen MR) is 71.6 cm³/mol. The quantitative estimate of drug-likeness (QED) is 0.422. The molecule has 0 heterocycles. The number of hydrogen-bond donors (Lipinski definition) is 0. The zero-order valence-electron chi connectivity index (χ0n) is 15.9. The smallest absolute Gasteiger partial charge is 0.0393 e. The average Bonchev–Trinajstić information content (AvgIpc) is 2.32. The highest BCUT2D eigenvalue weighted by atomic mass is 35.5. The summed E-state index contributed by atoms with van der Waals surface area (Å²) in [6, 6.07) is 0. The average molecular weight is 235 g/mol. The van der Waals surface area contributed by atoms with Crippen LogP contribution in [-0.2, 0) is 0 Å². The zero-order chi connectivity index (χ0) is 16.9. The van der Waals surface area contributed by atoms with E-state index in [1.54, 1.807) is 0 Å². The van der Waals surface area contributed by atoms with Gasteiger partial charge in [0.05, 0.1) is 0 Å². The molecule has 88 valence electrons. The maximum Gasteiger partial charge on any atom is 0.0393 e. The molecule has 0 aromatic carbocycles. The fraction of sp³-hybridized carbons (Fsp3) is 0.714. The topological polar surface area (TPSA) is 0 Å². The van der Waals surface area contributed by atoms with E-state index in [9.17, 15) is 0 Å². The second-order valence-electron chi connectivity index (χ2n) is 4.03. The van der Waals surface area contributed by atoms with Crippen LogP contribution in [0.2, 0.25) is 0 Å². The molecule has 0 rings (SSSR count). The Morgan fingerprint density at radius 1 is 1.27 bits per heavy atom. The summed E-state index contributed by atoms with van der Waals surface area (Å²) in [7, 11) is 0. The summed E-state index contributed by atoms with van der Waals surface area (Å²) in [5.41, 5.74) is 2.26. The van der Waals surface area contributed by atoms with E-state index < -0.39 is 18.6 Å². The Kier molecular flexibility index (Phi) is 3.40. The summed E-state index contributed by atoms with van der Waals surface area (Å²) in [5.74, 6) is 0. The largest absolute Gasteiger partial charge is 0.120 e. The van der Waals surface area contributed by atoms with E-state index in [0.717, 1.165) is 18.4 Å². The van der Waals surface area contributed by atoms with E-state index in [2.05, 4.69) is 13.0 Å². The summed E-state index contributed by atoms with van der Waals surface area (Å²) in [6.45, 7) is 0.473. The number of allylic oxidation sites excluding steroid dienone is 4. The maximum absolute atomic E-state index is 7.42. The number of rotatable bonds is 6. The molecule has 0 fully saturated rings. The lowest BCUT2D eigenvalue weighted by molar-refractivity contribution is 0.623. The minimum absolute atomic E-state index is 0.0908. The van der Waals surface area contributed by atoms with Gasteiger partial charge in [-0.05, 0) is 60.2 Å². The van der Waals surface area contributed by atoms with Crippen LogP contribution in [0.5, 0.6) is 0 Å². The molecule has 0 bridgehead atoms. The van der Waals surface area contributed by atoms with Gasteiger partial charge in [0, 0.05) is 13.1 Å². The van der Waals surface area contributed by atoms with Crippen molar-refractivity contribution < 1.29 is 8.22 Å². The van der Waals surface area contributed by atoms with E-state index in [-0.39, 0.29) is 6.42 Å². The number of hydrogen-bond acceptors (Lipinski definition) is 0. The highest BCUT2D eigenvalue weighted by molar-refractivity contribution is 6.23. The van der Waals surface area contributed by atoms with Crippen molar-refractivity contribution in [1.82, 2.24) is 0 Å². The van der Waals surface area contributed by atoms with Gasteiger partial charge in [-0.15, -0.1) is 11.6 Å². The first kappa shape index (κ1) is 7.17.